The first-order valence-corrected chi connectivity index (χ1v) is 12.8. The van der Waals surface area contributed by atoms with E-state index >= 15 is 0 Å². The van der Waals surface area contributed by atoms with Gasteiger partial charge in [-0.15, -0.1) is 11.3 Å². The summed E-state index contributed by atoms with van der Waals surface area (Å²) in [4.78, 5) is 56.1. The second kappa shape index (κ2) is 9.99. The molecule has 3 heterocycles. The minimum Gasteiger partial charge on any atom is -0.341 e. The molecule has 0 unspecified atom stereocenters. The number of thiazole rings is 1. The summed E-state index contributed by atoms with van der Waals surface area (Å²) in [5.41, 5.74) is -1.21. The standard InChI is InChI=1S/C24H28F3N5O4S/c1-13-8-17(24(25,26)27)30-32(13)11-19(35)31-6-4-14(5-7-31)22-29-18(12-37-22)28-21(36)20-15(33)9-23(2,3)10-16(20)34/h8,12,14,20H,4-7,9-11H2,1-3H3,(H,28,36). The number of piperidine rings is 1. The summed E-state index contributed by atoms with van der Waals surface area (Å²) in [7, 11) is 0. The van der Waals surface area contributed by atoms with Crippen molar-refractivity contribution in [1.29, 1.82) is 0 Å². The summed E-state index contributed by atoms with van der Waals surface area (Å²) in [5.74, 6) is -2.72. The van der Waals surface area contributed by atoms with Crippen LogP contribution in [0.25, 0.3) is 0 Å². The van der Waals surface area contributed by atoms with Crippen molar-refractivity contribution in [2.75, 3.05) is 18.4 Å². The van der Waals surface area contributed by atoms with Crippen molar-refractivity contribution in [3.05, 3.63) is 27.8 Å². The van der Waals surface area contributed by atoms with Crippen LogP contribution in [0.5, 0.6) is 0 Å². The number of hydrogen-bond acceptors (Lipinski definition) is 7. The zero-order valence-corrected chi connectivity index (χ0v) is 21.5. The van der Waals surface area contributed by atoms with Crippen molar-refractivity contribution in [3.63, 3.8) is 0 Å². The third-order valence-electron chi connectivity index (χ3n) is 6.74. The SMILES string of the molecule is Cc1cc(C(F)(F)F)nn1CC(=O)N1CCC(c2nc(NC(=O)C3C(=O)CC(C)(C)CC3=O)cs2)CC1. The quantitative estimate of drug-likeness (QED) is 0.581. The summed E-state index contributed by atoms with van der Waals surface area (Å²) >= 11 is 1.35. The summed E-state index contributed by atoms with van der Waals surface area (Å²) in [5, 5.41) is 8.53. The number of carbonyl (C=O) groups excluding carboxylic acids is 4. The summed E-state index contributed by atoms with van der Waals surface area (Å²) in [6.07, 6.45) is -3.03. The second-order valence-corrected chi connectivity index (χ2v) is 11.3. The van der Waals surface area contributed by atoms with E-state index in [-0.39, 0.29) is 54.3 Å². The van der Waals surface area contributed by atoms with E-state index in [1.807, 2.05) is 13.8 Å². The normalized spacial score (nSPS) is 19.4. The van der Waals surface area contributed by atoms with Gasteiger partial charge in [0.05, 0.1) is 5.01 Å². The highest BCUT2D eigenvalue weighted by Crippen LogP contribution is 2.35. The van der Waals surface area contributed by atoms with Crippen LogP contribution < -0.4 is 5.32 Å². The number of anilines is 1. The number of nitrogens with one attached hydrogen (secondary N) is 1. The third-order valence-corrected chi connectivity index (χ3v) is 7.75. The average Bonchev–Trinajstić information content (AvgIpc) is 3.39. The molecule has 2 aliphatic rings. The van der Waals surface area contributed by atoms with Crippen LogP contribution >= 0.6 is 11.3 Å². The zero-order chi connectivity index (χ0) is 27.1. The first-order valence-electron chi connectivity index (χ1n) is 11.9. The van der Waals surface area contributed by atoms with E-state index < -0.39 is 29.1 Å². The Morgan fingerprint density at radius 3 is 2.35 bits per heavy atom. The lowest BCUT2D eigenvalue weighted by Gasteiger charge is -2.31. The fourth-order valence-corrected chi connectivity index (χ4v) is 5.75. The Balaban J connectivity index is 1.30. The number of alkyl halides is 3. The number of hydrogen-bond donors (Lipinski definition) is 1. The fourth-order valence-electron chi connectivity index (χ4n) is 4.83. The highest BCUT2D eigenvalue weighted by Gasteiger charge is 2.43. The molecule has 1 saturated carbocycles. The molecule has 37 heavy (non-hydrogen) atoms. The van der Waals surface area contributed by atoms with E-state index in [1.165, 1.54) is 18.3 Å². The maximum Gasteiger partial charge on any atom is 0.435 e. The first-order chi connectivity index (χ1) is 17.2. The smallest absolute Gasteiger partial charge is 0.341 e. The van der Waals surface area contributed by atoms with Crippen molar-refractivity contribution in [3.8, 4) is 0 Å². The molecule has 2 aromatic rings. The number of Topliss-reactive ketones (excluding diaryl/α,β-unsaturated/α-hetero) is 2. The average molecular weight is 540 g/mol. The van der Waals surface area contributed by atoms with Gasteiger partial charge in [0.1, 0.15) is 12.4 Å². The second-order valence-electron chi connectivity index (χ2n) is 10.4. The summed E-state index contributed by atoms with van der Waals surface area (Å²) < 4.78 is 39.7. The Kier molecular flexibility index (Phi) is 7.28. The predicted octanol–water partition coefficient (Wildman–Crippen LogP) is 3.59. The molecule has 1 aliphatic carbocycles. The maximum atomic E-state index is 12.9. The lowest BCUT2D eigenvalue weighted by atomic mass is 9.71. The van der Waals surface area contributed by atoms with Crippen molar-refractivity contribution in [2.45, 2.75) is 65.1 Å². The Bertz CT molecular complexity index is 1210. The molecular weight excluding hydrogens is 511 g/mol. The van der Waals surface area contributed by atoms with Crippen molar-refractivity contribution in [2.24, 2.45) is 11.3 Å². The maximum absolute atomic E-state index is 12.9. The van der Waals surface area contributed by atoms with Gasteiger partial charge in [0.25, 0.3) is 0 Å². The molecule has 0 aromatic carbocycles. The van der Waals surface area contributed by atoms with Crippen molar-refractivity contribution < 1.29 is 32.3 Å². The van der Waals surface area contributed by atoms with Gasteiger partial charge in [0.2, 0.25) is 11.8 Å². The Morgan fingerprint density at radius 2 is 1.78 bits per heavy atom. The molecule has 1 saturated heterocycles. The van der Waals surface area contributed by atoms with Crippen LogP contribution in [0.15, 0.2) is 11.4 Å². The Morgan fingerprint density at radius 1 is 1.16 bits per heavy atom. The monoisotopic (exact) mass is 539 g/mol. The molecule has 1 aliphatic heterocycles. The Hall–Kier alpha value is -3.09. The van der Waals surface area contributed by atoms with Crippen LogP contribution in [-0.2, 0) is 31.9 Å². The highest BCUT2D eigenvalue weighted by molar-refractivity contribution is 7.10. The van der Waals surface area contributed by atoms with E-state index in [2.05, 4.69) is 15.4 Å². The van der Waals surface area contributed by atoms with Gasteiger partial charge in [-0.25, -0.2) is 4.98 Å². The van der Waals surface area contributed by atoms with Crippen molar-refractivity contribution >= 4 is 40.5 Å². The fraction of sp³-hybridized carbons (Fsp3) is 0.583. The van der Waals surface area contributed by atoms with Gasteiger partial charge in [-0.3, -0.25) is 23.9 Å². The zero-order valence-electron chi connectivity index (χ0n) is 20.7. The molecule has 0 spiro atoms. The molecule has 4 rings (SSSR count). The molecule has 0 radical (unpaired) electrons. The van der Waals surface area contributed by atoms with Crippen molar-refractivity contribution in [1.82, 2.24) is 19.7 Å². The molecule has 13 heteroatoms. The number of amides is 2. The topological polar surface area (TPSA) is 114 Å². The van der Waals surface area contributed by atoms with E-state index in [0.29, 0.717) is 25.9 Å². The molecule has 2 fully saturated rings. The van der Waals surface area contributed by atoms with Crippen LogP contribution in [0.3, 0.4) is 0 Å². The van der Waals surface area contributed by atoms with E-state index in [9.17, 15) is 32.3 Å². The number of ketones is 2. The molecule has 1 N–H and O–H groups in total. The third kappa shape index (κ3) is 6.08. The van der Waals surface area contributed by atoms with Gasteiger partial charge in [0.15, 0.2) is 23.2 Å². The van der Waals surface area contributed by atoms with Gasteiger partial charge in [0, 0.05) is 42.9 Å². The highest BCUT2D eigenvalue weighted by atomic mass is 32.1. The number of aromatic nitrogens is 3. The summed E-state index contributed by atoms with van der Waals surface area (Å²) in [6.45, 7) is 5.68. The number of nitrogens with zero attached hydrogens (tertiary/aromatic N) is 4. The van der Waals surface area contributed by atoms with Gasteiger partial charge in [-0.2, -0.15) is 18.3 Å². The number of carbonyl (C=O) groups is 4. The van der Waals surface area contributed by atoms with E-state index in [4.69, 9.17) is 0 Å². The number of rotatable bonds is 5. The molecule has 2 aromatic heterocycles. The van der Waals surface area contributed by atoms with Gasteiger partial charge >= 0.3 is 6.18 Å². The number of halogens is 3. The largest absolute Gasteiger partial charge is 0.435 e. The van der Waals surface area contributed by atoms with Gasteiger partial charge in [-0.05, 0) is 31.2 Å². The molecule has 200 valence electrons. The molecule has 0 bridgehead atoms. The predicted molar refractivity (Wildman–Crippen MR) is 128 cm³/mol. The number of aryl methyl sites for hydroxylation is 1. The lowest BCUT2D eigenvalue weighted by molar-refractivity contribution is -0.144. The van der Waals surface area contributed by atoms with Gasteiger partial charge < -0.3 is 10.2 Å². The van der Waals surface area contributed by atoms with Gasteiger partial charge in [-0.1, -0.05) is 13.8 Å². The van der Waals surface area contributed by atoms with E-state index in [1.54, 1.807) is 10.3 Å². The molecule has 0 atom stereocenters. The number of likely N-dealkylation sites (tertiary alicyclic amines) is 1. The van der Waals surface area contributed by atoms with Crippen LogP contribution in [0.2, 0.25) is 0 Å². The summed E-state index contributed by atoms with van der Waals surface area (Å²) in [6, 6.07) is 0.916. The Labute approximate surface area is 215 Å². The first kappa shape index (κ1) is 27.0. The minimum absolute atomic E-state index is 0.0433. The minimum atomic E-state index is -4.57. The van der Waals surface area contributed by atoms with Crippen LogP contribution in [-0.4, -0.2) is 56.1 Å². The van der Waals surface area contributed by atoms with Crippen LogP contribution in [0, 0.1) is 18.3 Å². The molecular formula is C24H28F3N5O4S. The molecule has 2 amide bonds. The lowest BCUT2D eigenvalue weighted by Crippen LogP contribution is -2.44. The van der Waals surface area contributed by atoms with E-state index in [0.717, 1.165) is 15.8 Å². The van der Waals surface area contributed by atoms with Crippen LogP contribution in [0.1, 0.15) is 61.8 Å². The molecule has 9 nitrogen and oxygen atoms in total. The van der Waals surface area contributed by atoms with Crippen LogP contribution in [0.4, 0.5) is 19.0 Å².